The number of fused-ring (bicyclic) bond motifs is 1. The maximum atomic E-state index is 13.8. The van der Waals surface area contributed by atoms with Crippen molar-refractivity contribution in [3.05, 3.63) is 60.7 Å². The van der Waals surface area contributed by atoms with Crippen molar-refractivity contribution in [3.8, 4) is 17.2 Å². The lowest BCUT2D eigenvalue weighted by atomic mass is 9.84. The molecule has 2 aliphatic heterocycles. The van der Waals surface area contributed by atoms with E-state index >= 15 is 0 Å². The molecule has 212 valence electrons. The van der Waals surface area contributed by atoms with Gasteiger partial charge in [-0.1, -0.05) is 13.3 Å². The molecule has 3 aromatic rings. The average molecular weight is 550 g/mol. The number of unbranched alkanes of at least 4 members (excludes halogenated alkanes) is 1. The van der Waals surface area contributed by atoms with Crippen molar-refractivity contribution in [2.24, 2.45) is 5.92 Å². The van der Waals surface area contributed by atoms with E-state index in [4.69, 9.17) is 14.2 Å². The Morgan fingerprint density at radius 3 is 2.80 bits per heavy atom. The van der Waals surface area contributed by atoms with Gasteiger partial charge >= 0.3 is 5.97 Å². The standard InChI is InChI=1S/C29H35N5O6/c1-3-4-12-34(21-7-5-9-30-16-21)26(35)18-32-17-22(20-14-24(38-2)28-25(15-20)39-19-40-28)27(29(36)37)23(32)8-13-33-11-6-10-31-33/h5-7,9-11,14-16,22-23,27H,3-4,8,12-13,17-19H2,1-2H3,(H,36,37)/t22-,23+,27-/m1/s1. The third-order valence-corrected chi connectivity index (χ3v) is 7.69. The van der Waals surface area contributed by atoms with E-state index in [2.05, 4.69) is 17.0 Å². The molecule has 1 fully saturated rings. The Balaban J connectivity index is 1.46. The molecule has 0 unspecified atom stereocenters. The average Bonchev–Trinajstić information content (AvgIpc) is 3.72. The fourth-order valence-electron chi connectivity index (χ4n) is 5.74. The molecule has 0 aliphatic carbocycles. The van der Waals surface area contributed by atoms with Gasteiger partial charge in [0.15, 0.2) is 11.5 Å². The number of aryl methyl sites for hydroxylation is 1. The number of carboxylic acid groups (broad SMARTS) is 1. The van der Waals surface area contributed by atoms with Gasteiger partial charge in [0.05, 0.1) is 31.5 Å². The van der Waals surface area contributed by atoms with Crippen LogP contribution in [0.1, 0.15) is 37.7 Å². The molecule has 4 heterocycles. The number of likely N-dealkylation sites (tertiary alicyclic amines) is 1. The molecule has 40 heavy (non-hydrogen) atoms. The highest BCUT2D eigenvalue weighted by Gasteiger charge is 2.47. The van der Waals surface area contributed by atoms with Gasteiger partial charge in [-0.15, -0.1) is 0 Å². The lowest BCUT2D eigenvalue weighted by molar-refractivity contribution is -0.143. The van der Waals surface area contributed by atoms with Crippen LogP contribution in [0.5, 0.6) is 17.2 Å². The van der Waals surface area contributed by atoms with Crippen molar-refractivity contribution < 1.29 is 28.9 Å². The second kappa shape index (κ2) is 12.4. The number of carboxylic acids is 1. The van der Waals surface area contributed by atoms with Gasteiger partial charge in [0.25, 0.3) is 0 Å². The summed E-state index contributed by atoms with van der Waals surface area (Å²) >= 11 is 0. The fourth-order valence-corrected chi connectivity index (χ4v) is 5.74. The highest BCUT2D eigenvalue weighted by Crippen LogP contribution is 2.47. The molecule has 0 saturated carbocycles. The Morgan fingerprint density at radius 2 is 2.10 bits per heavy atom. The zero-order chi connectivity index (χ0) is 28.1. The molecular weight excluding hydrogens is 514 g/mol. The largest absolute Gasteiger partial charge is 0.493 e. The molecular formula is C29H35N5O6. The summed E-state index contributed by atoms with van der Waals surface area (Å²) in [4.78, 5) is 34.6. The predicted molar refractivity (Wildman–Crippen MR) is 147 cm³/mol. The number of benzene rings is 1. The summed E-state index contributed by atoms with van der Waals surface area (Å²) in [7, 11) is 1.55. The number of carbonyl (C=O) groups excluding carboxylic acids is 1. The van der Waals surface area contributed by atoms with Crippen LogP contribution in [0.2, 0.25) is 0 Å². The summed E-state index contributed by atoms with van der Waals surface area (Å²) in [5, 5.41) is 14.8. The predicted octanol–water partition coefficient (Wildman–Crippen LogP) is 3.41. The molecule has 0 bridgehead atoms. The van der Waals surface area contributed by atoms with E-state index in [1.807, 2.05) is 41.4 Å². The molecule has 1 saturated heterocycles. The van der Waals surface area contributed by atoms with Crippen LogP contribution in [0.25, 0.3) is 0 Å². The molecule has 2 aliphatic rings. The molecule has 2 aromatic heterocycles. The molecule has 0 radical (unpaired) electrons. The van der Waals surface area contributed by atoms with E-state index in [0.29, 0.717) is 43.3 Å². The van der Waals surface area contributed by atoms with E-state index in [-0.39, 0.29) is 25.2 Å². The van der Waals surface area contributed by atoms with Gasteiger partial charge < -0.3 is 24.2 Å². The zero-order valence-corrected chi connectivity index (χ0v) is 22.8. The lowest BCUT2D eigenvalue weighted by Crippen LogP contribution is -2.45. The number of methoxy groups -OCH3 is 1. The zero-order valence-electron chi connectivity index (χ0n) is 22.8. The van der Waals surface area contributed by atoms with Crippen LogP contribution >= 0.6 is 0 Å². The number of pyridine rings is 1. The van der Waals surface area contributed by atoms with Crippen molar-refractivity contribution in [2.45, 2.75) is 44.7 Å². The summed E-state index contributed by atoms with van der Waals surface area (Å²) in [6, 6.07) is 8.80. The number of amides is 1. The van der Waals surface area contributed by atoms with Crippen LogP contribution in [-0.4, -0.2) is 76.2 Å². The molecule has 1 amide bonds. The first kappa shape index (κ1) is 27.4. The molecule has 1 aromatic carbocycles. The summed E-state index contributed by atoms with van der Waals surface area (Å²) in [6.07, 6.45) is 9.23. The van der Waals surface area contributed by atoms with Crippen molar-refractivity contribution in [1.29, 1.82) is 0 Å². The minimum Gasteiger partial charge on any atom is -0.493 e. The first-order chi connectivity index (χ1) is 19.5. The highest BCUT2D eigenvalue weighted by molar-refractivity contribution is 5.94. The molecule has 11 nitrogen and oxygen atoms in total. The Bertz CT molecular complexity index is 1300. The molecule has 3 atom stereocenters. The monoisotopic (exact) mass is 549 g/mol. The molecule has 11 heteroatoms. The SMILES string of the molecule is CCCCN(C(=O)CN1C[C@H](c2cc(OC)c3c(c2)OCO3)[C@@H](C(=O)O)[C@@H]1CCn1cccn1)c1cccnc1. The van der Waals surface area contributed by atoms with Gasteiger partial charge in [0.2, 0.25) is 18.4 Å². The van der Waals surface area contributed by atoms with E-state index in [1.165, 1.54) is 0 Å². The molecule has 0 spiro atoms. The van der Waals surface area contributed by atoms with E-state index in [0.717, 1.165) is 24.1 Å². The number of rotatable bonds is 12. The third kappa shape index (κ3) is 5.74. The van der Waals surface area contributed by atoms with Crippen LogP contribution in [0.4, 0.5) is 5.69 Å². The van der Waals surface area contributed by atoms with Crippen molar-refractivity contribution in [3.63, 3.8) is 0 Å². The number of aromatic nitrogens is 3. The van der Waals surface area contributed by atoms with Crippen LogP contribution in [0.3, 0.4) is 0 Å². The Hall–Kier alpha value is -4.12. The van der Waals surface area contributed by atoms with Gasteiger partial charge in [0.1, 0.15) is 0 Å². The Kier molecular flexibility index (Phi) is 8.49. The topological polar surface area (TPSA) is 119 Å². The number of hydrogen-bond donors (Lipinski definition) is 1. The maximum absolute atomic E-state index is 13.8. The smallest absolute Gasteiger partial charge is 0.308 e. The van der Waals surface area contributed by atoms with Crippen LogP contribution in [0, 0.1) is 5.92 Å². The van der Waals surface area contributed by atoms with Crippen molar-refractivity contribution >= 4 is 17.6 Å². The van der Waals surface area contributed by atoms with Gasteiger partial charge in [-0.25, -0.2) is 0 Å². The number of anilines is 1. The highest BCUT2D eigenvalue weighted by atomic mass is 16.7. The Labute approximate surface area is 233 Å². The first-order valence-corrected chi connectivity index (χ1v) is 13.6. The minimum absolute atomic E-state index is 0.0806. The number of nitrogens with zero attached hydrogens (tertiary/aromatic N) is 5. The number of carbonyl (C=O) groups is 2. The van der Waals surface area contributed by atoms with Gasteiger partial charge in [-0.05, 0) is 48.7 Å². The minimum atomic E-state index is -0.905. The normalized spacial score (nSPS) is 20.0. The fraction of sp³-hybridized carbons (Fsp3) is 0.448. The quantitative estimate of drug-likeness (QED) is 0.362. The van der Waals surface area contributed by atoms with Crippen LogP contribution < -0.4 is 19.1 Å². The maximum Gasteiger partial charge on any atom is 0.308 e. The summed E-state index contributed by atoms with van der Waals surface area (Å²) in [6.45, 7) is 3.74. The number of hydrogen-bond acceptors (Lipinski definition) is 8. The molecule has 1 N–H and O–H groups in total. The van der Waals surface area contributed by atoms with Crippen molar-refractivity contribution in [2.75, 3.05) is 38.4 Å². The second-order valence-electron chi connectivity index (χ2n) is 10.1. The van der Waals surface area contributed by atoms with E-state index in [1.54, 1.807) is 35.3 Å². The molecule has 5 rings (SSSR count). The third-order valence-electron chi connectivity index (χ3n) is 7.69. The van der Waals surface area contributed by atoms with Crippen LogP contribution in [0.15, 0.2) is 55.1 Å². The number of aliphatic carboxylic acids is 1. The van der Waals surface area contributed by atoms with E-state index < -0.39 is 17.9 Å². The van der Waals surface area contributed by atoms with Crippen molar-refractivity contribution in [1.82, 2.24) is 19.7 Å². The second-order valence-corrected chi connectivity index (χ2v) is 10.1. The Morgan fingerprint density at radius 1 is 1.23 bits per heavy atom. The summed E-state index contributed by atoms with van der Waals surface area (Å²) < 4.78 is 18.5. The van der Waals surface area contributed by atoms with Crippen LogP contribution in [-0.2, 0) is 16.1 Å². The van der Waals surface area contributed by atoms with E-state index in [9.17, 15) is 14.7 Å². The summed E-state index contributed by atoms with van der Waals surface area (Å²) in [5.74, 6) is -0.589. The number of ether oxygens (including phenoxy) is 3. The summed E-state index contributed by atoms with van der Waals surface area (Å²) in [5.41, 5.74) is 1.52. The van der Waals surface area contributed by atoms with Gasteiger partial charge in [-0.3, -0.25) is 24.2 Å². The lowest BCUT2D eigenvalue weighted by Gasteiger charge is -2.29. The van der Waals surface area contributed by atoms with Gasteiger partial charge in [-0.2, -0.15) is 5.10 Å². The van der Waals surface area contributed by atoms with Gasteiger partial charge in [0, 0.05) is 50.2 Å². The first-order valence-electron chi connectivity index (χ1n) is 13.6.